The van der Waals surface area contributed by atoms with Crippen LogP contribution in [0.5, 0.6) is 0 Å². The van der Waals surface area contributed by atoms with Crippen molar-refractivity contribution < 1.29 is 78.0 Å². The van der Waals surface area contributed by atoms with E-state index in [2.05, 4.69) is 0 Å². The fraction of sp³-hybridized carbons (Fsp3) is 0. The Morgan fingerprint density at radius 3 is 1.00 bits per heavy atom. The molecule has 0 aromatic heterocycles. The van der Waals surface area contributed by atoms with E-state index in [0.29, 0.717) is 0 Å². The molecule has 4 heteroatoms. The molecule has 0 aliphatic carbocycles. The molecule has 0 spiro atoms. The monoisotopic (exact) mass is 364 g/mol. The fourth-order valence-electron chi connectivity index (χ4n) is 0. The molecule has 0 heterocycles. The van der Waals surface area contributed by atoms with Gasteiger partial charge >= 0.3 is 72.5 Å². The van der Waals surface area contributed by atoms with Crippen molar-refractivity contribution in [2.75, 3.05) is 0 Å². The van der Waals surface area contributed by atoms with Gasteiger partial charge in [-0.15, -0.1) is 0 Å². The Morgan fingerprint density at radius 1 is 1.00 bits per heavy atom. The molecule has 0 aliphatic rings. The molecule has 4 heavy (non-hydrogen) atoms. The van der Waals surface area contributed by atoms with Gasteiger partial charge in [0.05, 0.1) is 0 Å². The maximum Gasteiger partial charge on any atom is 3.00 e. The van der Waals surface area contributed by atoms with Crippen LogP contribution < -0.4 is 0 Å². The molecule has 0 saturated heterocycles. The van der Waals surface area contributed by atoms with Crippen LogP contribution in [0.25, 0.3) is 0 Å². The SMILES string of the molecule is P.[La+3].[Lu+3].[O-2]. The first kappa shape index (κ1) is 29.1. The third-order valence-electron chi connectivity index (χ3n) is 0. The third kappa shape index (κ3) is 8.84. The second-order valence-electron chi connectivity index (χ2n) is 0. The topological polar surface area (TPSA) is 28.5 Å². The molecule has 0 fully saturated rings. The normalized spacial score (nSPS) is 0. The molecule has 0 aliphatic heterocycles. The van der Waals surface area contributed by atoms with Crippen LogP contribution in [0.3, 0.4) is 0 Å². The summed E-state index contributed by atoms with van der Waals surface area (Å²) < 4.78 is 0. The molecular weight excluding hydrogens is 361 g/mol. The summed E-state index contributed by atoms with van der Waals surface area (Å²) >= 11 is 0. The van der Waals surface area contributed by atoms with Gasteiger partial charge in [-0.1, -0.05) is 0 Å². The van der Waals surface area contributed by atoms with Gasteiger partial charge in [0.25, 0.3) is 0 Å². The Bertz CT molecular complexity index is 8.00. The smallest absolute Gasteiger partial charge is 2.00 e. The van der Waals surface area contributed by atoms with E-state index in [1.165, 1.54) is 0 Å². The maximum atomic E-state index is 0. The summed E-state index contributed by atoms with van der Waals surface area (Å²) in [5.74, 6) is 0. The first-order valence-corrected chi connectivity index (χ1v) is 0. The van der Waals surface area contributed by atoms with Crippen molar-refractivity contribution in [3.63, 3.8) is 0 Å². The predicted octanol–water partition coefficient (Wildman–Crippen LogP) is -0.0607. The number of rotatable bonds is 0. The van der Waals surface area contributed by atoms with Crippen molar-refractivity contribution in [2.24, 2.45) is 0 Å². The molecule has 1 atom stereocenters. The molecule has 1 nitrogen and oxygen atoms in total. The molecule has 0 bridgehead atoms. The summed E-state index contributed by atoms with van der Waals surface area (Å²) in [7, 11) is 0. The molecule has 0 rings (SSSR count). The van der Waals surface area contributed by atoms with Gasteiger partial charge in [-0.2, -0.15) is 9.90 Å². The minimum absolute atomic E-state index is 0. The van der Waals surface area contributed by atoms with E-state index in [1.807, 2.05) is 0 Å². The zero-order chi connectivity index (χ0) is 0. The van der Waals surface area contributed by atoms with Crippen LogP contribution in [0.15, 0.2) is 0 Å². The van der Waals surface area contributed by atoms with Crippen LogP contribution in [0, 0.1) is 72.5 Å². The summed E-state index contributed by atoms with van der Waals surface area (Å²) in [6.45, 7) is 0. The third-order valence-corrected chi connectivity index (χ3v) is 0. The van der Waals surface area contributed by atoms with Crippen LogP contribution in [-0.4, -0.2) is 0 Å². The molecule has 0 saturated carbocycles. The maximum absolute atomic E-state index is 0. The largest absolute Gasteiger partial charge is 3.00 e. The minimum atomic E-state index is 0. The summed E-state index contributed by atoms with van der Waals surface area (Å²) in [5, 5.41) is 0. The van der Waals surface area contributed by atoms with E-state index >= 15 is 0 Å². The van der Waals surface area contributed by atoms with Crippen molar-refractivity contribution in [3.05, 3.63) is 0 Å². The van der Waals surface area contributed by atoms with E-state index in [0.717, 1.165) is 0 Å². The van der Waals surface area contributed by atoms with Gasteiger partial charge in [0.15, 0.2) is 0 Å². The van der Waals surface area contributed by atoms with Gasteiger partial charge in [-0.05, 0) is 0 Å². The van der Waals surface area contributed by atoms with Crippen LogP contribution in [0.1, 0.15) is 0 Å². The molecule has 0 aromatic rings. The summed E-state index contributed by atoms with van der Waals surface area (Å²) in [6.07, 6.45) is 0. The Morgan fingerprint density at radius 2 is 1.00 bits per heavy atom. The van der Waals surface area contributed by atoms with E-state index < -0.39 is 0 Å². The number of hydrogen-bond donors (Lipinski definition) is 0. The van der Waals surface area contributed by atoms with Crippen LogP contribution in [0.4, 0.5) is 0 Å². The summed E-state index contributed by atoms with van der Waals surface area (Å²) in [5.41, 5.74) is 0. The zero-order valence-corrected chi connectivity index (χ0v) is 8.65. The Balaban J connectivity index is 0. The van der Waals surface area contributed by atoms with Gasteiger partial charge in [-0.25, -0.2) is 0 Å². The molecule has 28 valence electrons. The molecular formula is H3LaLuOP+4. The molecule has 0 N–H and O–H groups in total. The summed E-state index contributed by atoms with van der Waals surface area (Å²) in [4.78, 5) is 0. The first-order chi connectivity index (χ1) is 0. The van der Waals surface area contributed by atoms with Crippen molar-refractivity contribution in [1.82, 2.24) is 0 Å². The molecule has 0 aromatic carbocycles. The van der Waals surface area contributed by atoms with Crippen LogP contribution in [0.2, 0.25) is 0 Å². The van der Waals surface area contributed by atoms with E-state index in [4.69, 9.17) is 0 Å². The molecule has 0 amide bonds. The fourth-order valence-corrected chi connectivity index (χ4v) is 0. The van der Waals surface area contributed by atoms with Crippen LogP contribution >= 0.6 is 9.90 Å². The zero-order valence-electron chi connectivity index (χ0n) is 1.95. The van der Waals surface area contributed by atoms with E-state index in [9.17, 15) is 0 Å². The van der Waals surface area contributed by atoms with Gasteiger partial charge in [0, 0.05) is 0 Å². The van der Waals surface area contributed by atoms with E-state index in [-0.39, 0.29) is 87.8 Å². The van der Waals surface area contributed by atoms with Crippen molar-refractivity contribution in [2.45, 2.75) is 0 Å². The van der Waals surface area contributed by atoms with Crippen molar-refractivity contribution >= 4 is 9.90 Å². The average molecular weight is 364 g/mol. The second-order valence-corrected chi connectivity index (χ2v) is 0. The summed E-state index contributed by atoms with van der Waals surface area (Å²) in [6, 6.07) is 0. The first-order valence-electron chi connectivity index (χ1n) is 0. The van der Waals surface area contributed by atoms with Gasteiger partial charge in [-0.3, -0.25) is 0 Å². The van der Waals surface area contributed by atoms with Crippen molar-refractivity contribution in [1.29, 1.82) is 0 Å². The minimum Gasteiger partial charge on any atom is -2.00 e. The van der Waals surface area contributed by atoms with Gasteiger partial charge < -0.3 is 5.48 Å². The van der Waals surface area contributed by atoms with Crippen LogP contribution in [-0.2, 0) is 5.48 Å². The average Bonchev–Trinajstić information content (AvgIpc) is 0. The number of hydrogen-bond acceptors (Lipinski definition) is 0. The Hall–Kier alpha value is 2.82. The van der Waals surface area contributed by atoms with Crippen molar-refractivity contribution in [3.8, 4) is 0 Å². The van der Waals surface area contributed by atoms with Gasteiger partial charge in [0.1, 0.15) is 0 Å². The Kier molecular flexibility index (Phi) is 124. The molecule has 1 unspecified atom stereocenters. The second kappa shape index (κ2) is 17.0. The Labute approximate surface area is 86.0 Å². The predicted molar refractivity (Wildman–Crippen MR) is 11.8 cm³/mol. The quantitative estimate of drug-likeness (QED) is 0.540. The van der Waals surface area contributed by atoms with E-state index in [1.54, 1.807) is 0 Å². The standard InChI is InChI=1S/La.Lu.O.H3P/h;;;1H3/q2*+3;-2;. The molecule has 0 radical (unpaired) electrons. The van der Waals surface area contributed by atoms with Gasteiger partial charge in [0.2, 0.25) is 0 Å².